The van der Waals surface area contributed by atoms with Crippen LogP contribution < -0.4 is 0 Å². The van der Waals surface area contributed by atoms with Crippen LogP contribution in [0.25, 0.3) is 0 Å². The highest BCUT2D eigenvalue weighted by Crippen LogP contribution is 2.42. The van der Waals surface area contributed by atoms with Crippen molar-refractivity contribution in [3.63, 3.8) is 0 Å². The lowest BCUT2D eigenvalue weighted by atomic mass is 9.66. The monoisotopic (exact) mass is 294 g/mol. The molecule has 5 nitrogen and oxygen atoms in total. The van der Waals surface area contributed by atoms with E-state index < -0.39 is 23.3 Å². The molecule has 0 aromatic carbocycles. The Morgan fingerprint density at radius 2 is 1.86 bits per heavy atom. The summed E-state index contributed by atoms with van der Waals surface area (Å²) >= 11 is 0. The van der Waals surface area contributed by atoms with Crippen molar-refractivity contribution >= 4 is 17.7 Å². The highest BCUT2D eigenvalue weighted by Gasteiger charge is 2.55. The number of ketones is 1. The van der Waals surface area contributed by atoms with E-state index in [0.29, 0.717) is 19.3 Å². The fourth-order valence-corrected chi connectivity index (χ4v) is 2.83. The van der Waals surface area contributed by atoms with Crippen LogP contribution in [0.1, 0.15) is 46.0 Å². The molecule has 0 aromatic heterocycles. The molecule has 21 heavy (non-hydrogen) atoms. The van der Waals surface area contributed by atoms with Crippen molar-refractivity contribution in [1.29, 1.82) is 0 Å². The van der Waals surface area contributed by atoms with Crippen molar-refractivity contribution in [2.24, 2.45) is 11.3 Å². The third-order valence-corrected chi connectivity index (χ3v) is 3.84. The normalized spacial score (nSPS) is 18.7. The zero-order valence-electron chi connectivity index (χ0n) is 12.6. The van der Waals surface area contributed by atoms with Gasteiger partial charge >= 0.3 is 11.9 Å². The quantitative estimate of drug-likeness (QED) is 0.425. The molecule has 0 radical (unpaired) electrons. The molecule has 0 heterocycles. The van der Waals surface area contributed by atoms with Crippen molar-refractivity contribution in [3.8, 4) is 12.3 Å². The number of hydrogen-bond donors (Lipinski definition) is 0. The van der Waals surface area contributed by atoms with Crippen molar-refractivity contribution in [3.05, 3.63) is 0 Å². The summed E-state index contributed by atoms with van der Waals surface area (Å²) in [4.78, 5) is 36.6. The molecule has 5 heteroatoms. The third kappa shape index (κ3) is 3.63. The molecule has 0 saturated heterocycles. The predicted molar refractivity (Wildman–Crippen MR) is 76.1 cm³/mol. The Hall–Kier alpha value is -1.83. The minimum Gasteiger partial charge on any atom is -0.465 e. The Morgan fingerprint density at radius 3 is 2.29 bits per heavy atom. The maximum atomic E-state index is 12.4. The minimum atomic E-state index is -1.56. The maximum Gasteiger partial charge on any atom is 0.324 e. The van der Waals surface area contributed by atoms with Crippen molar-refractivity contribution in [2.45, 2.75) is 46.0 Å². The SMILES string of the molecule is C#CCC(C(=O)OCC)(C(=O)OCC)C1CCCC(=O)C1. The number of carbonyl (C=O) groups excluding carboxylic acids is 3. The Bertz CT molecular complexity index is 428. The van der Waals surface area contributed by atoms with Gasteiger partial charge in [-0.2, -0.15) is 0 Å². The van der Waals surface area contributed by atoms with Gasteiger partial charge in [0.2, 0.25) is 0 Å². The summed E-state index contributed by atoms with van der Waals surface area (Å²) in [6.07, 6.45) is 7.15. The van der Waals surface area contributed by atoms with Gasteiger partial charge in [-0.05, 0) is 32.6 Å². The largest absolute Gasteiger partial charge is 0.465 e. The first kappa shape index (κ1) is 17.2. The van der Waals surface area contributed by atoms with Crippen LogP contribution in [0.15, 0.2) is 0 Å². The van der Waals surface area contributed by atoms with Gasteiger partial charge in [0.05, 0.1) is 13.2 Å². The second-order valence-electron chi connectivity index (χ2n) is 5.13. The second kappa shape index (κ2) is 7.82. The first-order valence-electron chi connectivity index (χ1n) is 7.32. The molecule has 1 unspecified atom stereocenters. The first-order chi connectivity index (χ1) is 10.0. The fraction of sp³-hybridized carbons (Fsp3) is 0.688. The number of rotatable bonds is 6. The molecule has 1 fully saturated rings. The lowest BCUT2D eigenvalue weighted by Crippen LogP contribution is -2.49. The molecule has 1 aliphatic rings. The van der Waals surface area contributed by atoms with Gasteiger partial charge in [0.1, 0.15) is 5.78 Å². The van der Waals surface area contributed by atoms with E-state index in [0.717, 1.165) is 0 Å². The summed E-state index contributed by atoms with van der Waals surface area (Å²) < 4.78 is 10.1. The summed E-state index contributed by atoms with van der Waals surface area (Å²) in [5.41, 5.74) is -1.56. The molecule has 1 atom stereocenters. The molecule has 0 N–H and O–H groups in total. The van der Waals surface area contributed by atoms with E-state index in [9.17, 15) is 14.4 Å². The van der Waals surface area contributed by atoms with Gasteiger partial charge in [-0.25, -0.2) is 0 Å². The molecule has 1 aliphatic carbocycles. The summed E-state index contributed by atoms with van der Waals surface area (Å²) in [6.45, 7) is 3.61. The third-order valence-electron chi connectivity index (χ3n) is 3.84. The van der Waals surface area contributed by atoms with Gasteiger partial charge < -0.3 is 9.47 Å². The first-order valence-corrected chi connectivity index (χ1v) is 7.32. The van der Waals surface area contributed by atoms with E-state index in [1.54, 1.807) is 13.8 Å². The highest BCUT2D eigenvalue weighted by molar-refractivity contribution is 6.01. The predicted octanol–water partition coefficient (Wildman–Crippen LogP) is 1.88. The average Bonchev–Trinajstić information content (AvgIpc) is 2.45. The van der Waals surface area contributed by atoms with Gasteiger partial charge in [0.25, 0.3) is 0 Å². The Balaban J connectivity index is 3.21. The van der Waals surface area contributed by atoms with Crippen LogP contribution in [0.2, 0.25) is 0 Å². The zero-order valence-corrected chi connectivity index (χ0v) is 12.6. The molecule has 116 valence electrons. The van der Waals surface area contributed by atoms with Crippen LogP contribution in [0.5, 0.6) is 0 Å². The summed E-state index contributed by atoms with van der Waals surface area (Å²) in [5.74, 6) is 0.619. The smallest absolute Gasteiger partial charge is 0.324 e. The molecule has 1 saturated carbocycles. The van der Waals surface area contributed by atoms with E-state index in [4.69, 9.17) is 15.9 Å². The number of ether oxygens (including phenoxy) is 2. The molecular formula is C16H22O5. The van der Waals surface area contributed by atoms with Gasteiger partial charge in [0, 0.05) is 19.3 Å². The van der Waals surface area contributed by atoms with E-state index in [1.165, 1.54) is 0 Å². The molecular weight excluding hydrogens is 272 g/mol. The Kier molecular flexibility index (Phi) is 6.41. The standard InChI is InChI=1S/C16H22O5/c1-4-10-16(14(18)20-5-2,15(19)21-6-3)12-8-7-9-13(17)11-12/h1,12H,5-11H2,2-3H3. The summed E-state index contributed by atoms with van der Waals surface area (Å²) in [7, 11) is 0. The summed E-state index contributed by atoms with van der Waals surface area (Å²) in [5, 5.41) is 0. The average molecular weight is 294 g/mol. The van der Waals surface area contributed by atoms with E-state index in [-0.39, 0.29) is 31.8 Å². The van der Waals surface area contributed by atoms with E-state index in [2.05, 4.69) is 5.92 Å². The van der Waals surface area contributed by atoms with Crippen LogP contribution in [0.3, 0.4) is 0 Å². The molecule has 0 aliphatic heterocycles. The van der Waals surface area contributed by atoms with Gasteiger partial charge in [-0.1, -0.05) is 0 Å². The Morgan fingerprint density at radius 1 is 1.29 bits per heavy atom. The Labute approximate surface area is 125 Å². The zero-order chi connectivity index (χ0) is 15.9. The van der Waals surface area contributed by atoms with Crippen molar-refractivity contribution in [2.75, 3.05) is 13.2 Å². The van der Waals surface area contributed by atoms with Crippen LogP contribution >= 0.6 is 0 Å². The van der Waals surface area contributed by atoms with E-state index >= 15 is 0 Å². The number of hydrogen-bond acceptors (Lipinski definition) is 5. The number of esters is 2. The van der Waals surface area contributed by atoms with Crippen LogP contribution in [0.4, 0.5) is 0 Å². The number of Topliss-reactive ketones (excluding diaryl/α,β-unsaturated/α-hetero) is 1. The topological polar surface area (TPSA) is 69.7 Å². The summed E-state index contributed by atoms with van der Waals surface area (Å²) in [6, 6.07) is 0. The molecule has 0 aromatic rings. The van der Waals surface area contributed by atoms with Crippen molar-refractivity contribution < 1.29 is 23.9 Å². The number of terminal acetylenes is 1. The fourth-order valence-electron chi connectivity index (χ4n) is 2.83. The van der Waals surface area contributed by atoms with Crippen LogP contribution in [-0.4, -0.2) is 30.9 Å². The lowest BCUT2D eigenvalue weighted by molar-refractivity contribution is -0.177. The van der Waals surface area contributed by atoms with Crippen LogP contribution in [0, 0.1) is 23.7 Å². The molecule has 0 amide bonds. The minimum absolute atomic E-state index is 0.0428. The lowest BCUT2D eigenvalue weighted by Gasteiger charge is -2.36. The highest BCUT2D eigenvalue weighted by atomic mass is 16.6. The molecule has 1 rings (SSSR count). The van der Waals surface area contributed by atoms with Gasteiger partial charge in [-0.15, -0.1) is 12.3 Å². The van der Waals surface area contributed by atoms with Gasteiger partial charge in [0.15, 0.2) is 5.41 Å². The maximum absolute atomic E-state index is 12.4. The van der Waals surface area contributed by atoms with Crippen LogP contribution in [-0.2, 0) is 23.9 Å². The van der Waals surface area contributed by atoms with E-state index in [1.807, 2.05) is 0 Å². The molecule has 0 bridgehead atoms. The van der Waals surface area contributed by atoms with Crippen molar-refractivity contribution in [1.82, 2.24) is 0 Å². The molecule has 0 spiro atoms. The van der Waals surface area contributed by atoms with Gasteiger partial charge in [-0.3, -0.25) is 14.4 Å². The second-order valence-corrected chi connectivity index (χ2v) is 5.13. The number of carbonyl (C=O) groups is 3.